The summed E-state index contributed by atoms with van der Waals surface area (Å²) in [6.07, 6.45) is 0.973. The van der Waals surface area contributed by atoms with Crippen LogP contribution in [0.1, 0.15) is 18.9 Å². The number of nitrogens with one attached hydrogen (secondary N) is 1. The second-order valence-corrected chi connectivity index (χ2v) is 5.78. The predicted octanol–water partition coefficient (Wildman–Crippen LogP) is 6.05. The van der Waals surface area contributed by atoms with E-state index in [0.717, 1.165) is 23.4 Å². The average molecular weight is 345 g/mol. The zero-order valence-electron chi connectivity index (χ0n) is 11.6. The van der Waals surface area contributed by atoms with Crippen molar-refractivity contribution in [2.45, 2.75) is 19.9 Å². The Kier molecular flexibility index (Phi) is 6.04. The lowest BCUT2D eigenvalue weighted by atomic mass is 10.2. The Bertz CT molecular complexity index is 616. The zero-order valence-corrected chi connectivity index (χ0v) is 13.9. The number of ether oxygens (including phenoxy) is 1. The fourth-order valence-electron chi connectivity index (χ4n) is 1.85. The summed E-state index contributed by atoms with van der Waals surface area (Å²) in [7, 11) is 0. The molecule has 0 heterocycles. The van der Waals surface area contributed by atoms with Crippen LogP contribution in [0.2, 0.25) is 15.1 Å². The number of anilines is 1. The molecule has 2 nitrogen and oxygen atoms in total. The van der Waals surface area contributed by atoms with Crippen LogP contribution in [0.3, 0.4) is 0 Å². The van der Waals surface area contributed by atoms with E-state index >= 15 is 0 Å². The van der Waals surface area contributed by atoms with Crippen molar-refractivity contribution in [1.29, 1.82) is 0 Å². The second-order valence-electron chi connectivity index (χ2n) is 4.56. The average Bonchev–Trinajstić information content (AvgIpc) is 2.48. The summed E-state index contributed by atoms with van der Waals surface area (Å²) in [5, 5.41) is 4.71. The Balaban J connectivity index is 2.11. The zero-order chi connectivity index (χ0) is 15.2. The number of rotatable bonds is 6. The molecule has 0 saturated heterocycles. The molecule has 0 radical (unpaired) electrons. The van der Waals surface area contributed by atoms with Gasteiger partial charge in [0.1, 0.15) is 5.75 Å². The maximum Gasteiger partial charge on any atom is 0.124 e. The standard InChI is InChI=1S/C16H16Cl3NO/c1-2-7-21-16-6-4-3-5-11(16)10-20-15-9-13(18)12(17)8-14(15)19/h3-6,8-9,20H,2,7,10H2,1H3. The smallest absolute Gasteiger partial charge is 0.124 e. The summed E-state index contributed by atoms with van der Waals surface area (Å²) in [6, 6.07) is 11.3. The van der Waals surface area contributed by atoms with Crippen molar-refractivity contribution in [2.24, 2.45) is 0 Å². The van der Waals surface area contributed by atoms with Gasteiger partial charge >= 0.3 is 0 Å². The molecule has 0 aromatic heterocycles. The Morgan fingerprint density at radius 2 is 1.71 bits per heavy atom. The van der Waals surface area contributed by atoms with Gasteiger partial charge in [-0.25, -0.2) is 0 Å². The molecular formula is C16H16Cl3NO. The van der Waals surface area contributed by atoms with Crippen LogP contribution < -0.4 is 10.1 Å². The highest BCUT2D eigenvalue weighted by Crippen LogP contribution is 2.32. The van der Waals surface area contributed by atoms with Crippen molar-refractivity contribution in [3.63, 3.8) is 0 Å². The molecule has 0 saturated carbocycles. The molecule has 0 amide bonds. The van der Waals surface area contributed by atoms with E-state index in [0.29, 0.717) is 28.2 Å². The molecule has 5 heteroatoms. The Labute approximate surface area is 140 Å². The van der Waals surface area contributed by atoms with E-state index in [-0.39, 0.29) is 0 Å². The van der Waals surface area contributed by atoms with Gasteiger partial charge in [-0.15, -0.1) is 0 Å². The highest BCUT2D eigenvalue weighted by Gasteiger charge is 2.07. The SMILES string of the molecule is CCCOc1ccccc1CNc1cc(Cl)c(Cl)cc1Cl. The van der Waals surface area contributed by atoms with Crippen molar-refractivity contribution in [2.75, 3.05) is 11.9 Å². The lowest BCUT2D eigenvalue weighted by Crippen LogP contribution is -2.04. The van der Waals surface area contributed by atoms with E-state index in [4.69, 9.17) is 39.5 Å². The van der Waals surface area contributed by atoms with E-state index in [2.05, 4.69) is 12.2 Å². The molecule has 1 N–H and O–H groups in total. The maximum absolute atomic E-state index is 6.15. The molecule has 112 valence electrons. The minimum atomic E-state index is 0.443. The normalized spacial score (nSPS) is 10.5. The first kappa shape index (κ1) is 16.3. The maximum atomic E-state index is 6.15. The third-order valence-corrected chi connectivity index (χ3v) is 3.95. The lowest BCUT2D eigenvalue weighted by molar-refractivity contribution is 0.314. The molecule has 2 rings (SSSR count). The first-order valence-corrected chi connectivity index (χ1v) is 7.84. The van der Waals surface area contributed by atoms with Gasteiger partial charge < -0.3 is 10.1 Å². The molecule has 0 spiro atoms. The molecule has 0 aliphatic rings. The fourth-order valence-corrected chi connectivity index (χ4v) is 2.46. The van der Waals surface area contributed by atoms with Crippen molar-refractivity contribution >= 4 is 40.5 Å². The first-order chi connectivity index (χ1) is 10.1. The van der Waals surface area contributed by atoms with Crippen LogP contribution in [0.5, 0.6) is 5.75 Å². The molecule has 0 aliphatic heterocycles. The van der Waals surface area contributed by atoms with E-state index < -0.39 is 0 Å². The van der Waals surface area contributed by atoms with E-state index in [1.54, 1.807) is 12.1 Å². The van der Waals surface area contributed by atoms with Crippen molar-refractivity contribution in [1.82, 2.24) is 0 Å². The number of hydrogen-bond acceptors (Lipinski definition) is 2. The van der Waals surface area contributed by atoms with Crippen molar-refractivity contribution in [3.05, 3.63) is 57.0 Å². The van der Waals surface area contributed by atoms with Gasteiger partial charge in [0.25, 0.3) is 0 Å². The van der Waals surface area contributed by atoms with Gasteiger partial charge in [-0.3, -0.25) is 0 Å². The monoisotopic (exact) mass is 343 g/mol. The minimum absolute atomic E-state index is 0.443. The number of hydrogen-bond donors (Lipinski definition) is 1. The topological polar surface area (TPSA) is 21.3 Å². The predicted molar refractivity (Wildman–Crippen MR) is 91.0 cm³/mol. The van der Waals surface area contributed by atoms with Gasteiger partial charge in [-0.05, 0) is 24.6 Å². The molecule has 0 aliphatic carbocycles. The van der Waals surface area contributed by atoms with Crippen LogP contribution >= 0.6 is 34.8 Å². The number of benzene rings is 2. The molecule has 2 aromatic carbocycles. The van der Waals surface area contributed by atoms with Gasteiger partial charge in [-0.2, -0.15) is 0 Å². The molecular weight excluding hydrogens is 329 g/mol. The minimum Gasteiger partial charge on any atom is -0.493 e. The van der Waals surface area contributed by atoms with E-state index in [1.807, 2.05) is 24.3 Å². The molecule has 0 bridgehead atoms. The molecule has 2 aromatic rings. The molecule has 21 heavy (non-hydrogen) atoms. The first-order valence-electron chi connectivity index (χ1n) is 6.71. The van der Waals surface area contributed by atoms with Crippen molar-refractivity contribution in [3.8, 4) is 5.75 Å². The van der Waals surface area contributed by atoms with Gasteiger partial charge in [0.15, 0.2) is 0 Å². The second kappa shape index (κ2) is 7.79. The van der Waals surface area contributed by atoms with Crippen LogP contribution in [-0.2, 0) is 6.54 Å². The number of para-hydroxylation sites is 1. The van der Waals surface area contributed by atoms with Gasteiger partial charge in [0, 0.05) is 12.1 Å². The highest BCUT2D eigenvalue weighted by molar-refractivity contribution is 6.44. The fraction of sp³-hybridized carbons (Fsp3) is 0.250. The Hall–Kier alpha value is -1.09. The molecule has 0 atom stereocenters. The summed E-state index contributed by atoms with van der Waals surface area (Å²) < 4.78 is 5.73. The highest BCUT2D eigenvalue weighted by atomic mass is 35.5. The van der Waals surface area contributed by atoms with Crippen LogP contribution in [0.4, 0.5) is 5.69 Å². The lowest BCUT2D eigenvalue weighted by Gasteiger charge is -2.13. The van der Waals surface area contributed by atoms with Crippen LogP contribution in [0.15, 0.2) is 36.4 Å². The van der Waals surface area contributed by atoms with Crippen LogP contribution in [-0.4, -0.2) is 6.61 Å². The molecule has 0 fully saturated rings. The summed E-state index contributed by atoms with van der Waals surface area (Å²) >= 11 is 18.1. The van der Waals surface area contributed by atoms with E-state index in [1.165, 1.54) is 0 Å². The quantitative estimate of drug-likeness (QED) is 0.644. The van der Waals surface area contributed by atoms with E-state index in [9.17, 15) is 0 Å². The summed E-state index contributed by atoms with van der Waals surface area (Å²) in [5.74, 6) is 0.878. The largest absolute Gasteiger partial charge is 0.493 e. The van der Waals surface area contributed by atoms with Crippen LogP contribution in [0, 0.1) is 0 Å². The van der Waals surface area contributed by atoms with Gasteiger partial charge in [-0.1, -0.05) is 59.9 Å². The summed E-state index contributed by atoms with van der Waals surface area (Å²) in [4.78, 5) is 0. The van der Waals surface area contributed by atoms with Gasteiger partial charge in [0.2, 0.25) is 0 Å². The van der Waals surface area contributed by atoms with Crippen LogP contribution in [0.25, 0.3) is 0 Å². The Morgan fingerprint density at radius 1 is 1.00 bits per heavy atom. The third kappa shape index (κ3) is 4.44. The summed E-state index contributed by atoms with van der Waals surface area (Å²) in [5.41, 5.74) is 1.81. The summed E-state index contributed by atoms with van der Waals surface area (Å²) in [6.45, 7) is 3.37. The van der Waals surface area contributed by atoms with Gasteiger partial charge in [0.05, 0.1) is 27.4 Å². The Morgan fingerprint density at radius 3 is 2.48 bits per heavy atom. The molecule has 0 unspecified atom stereocenters. The van der Waals surface area contributed by atoms with Crippen molar-refractivity contribution < 1.29 is 4.74 Å². The third-order valence-electron chi connectivity index (χ3n) is 2.91. The number of halogens is 3.